The van der Waals surface area contributed by atoms with Crippen LogP contribution >= 0.6 is 12.2 Å². The van der Waals surface area contributed by atoms with Crippen molar-refractivity contribution in [2.75, 3.05) is 19.7 Å². The standard InChI is InChI=1S/C16H24N2OS/c1-12(2)15-7-4-8-18(15)9-10-19-14-6-3-5-13(11-14)16(17)20/h3,5-6,11-12,15H,4,7-10H2,1-2H3,(H2,17,20). The zero-order valence-electron chi connectivity index (χ0n) is 12.3. The third kappa shape index (κ3) is 3.93. The molecule has 1 unspecified atom stereocenters. The molecule has 0 aromatic heterocycles. The van der Waals surface area contributed by atoms with Gasteiger partial charge in [-0.15, -0.1) is 0 Å². The molecule has 0 aliphatic carbocycles. The van der Waals surface area contributed by atoms with E-state index in [1.165, 1.54) is 19.4 Å². The highest BCUT2D eigenvalue weighted by Gasteiger charge is 2.26. The molecule has 1 heterocycles. The van der Waals surface area contributed by atoms with Crippen molar-refractivity contribution in [2.24, 2.45) is 11.7 Å². The monoisotopic (exact) mass is 292 g/mol. The van der Waals surface area contributed by atoms with Crippen molar-refractivity contribution < 1.29 is 4.74 Å². The molecule has 1 atom stereocenters. The highest BCUT2D eigenvalue weighted by Crippen LogP contribution is 2.23. The molecule has 1 fully saturated rings. The first kappa shape index (κ1) is 15.3. The zero-order valence-corrected chi connectivity index (χ0v) is 13.2. The van der Waals surface area contributed by atoms with Gasteiger partial charge in [0.05, 0.1) is 0 Å². The van der Waals surface area contributed by atoms with Crippen LogP contribution in [0, 0.1) is 5.92 Å². The molecule has 0 spiro atoms. The van der Waals surface area contributed by atoms with Crippen molar-refractivity contribution in [3.8, 4) is 5.75 Å². The number of hydrogen-bond acceptors (Lipinski definition) is 3. The molecular weight excluding hydrogens is 268 g/mol. The normalized spacial score (nSPS) is 19.4. The molecule has 0 amide bonds. The lowest BCUT2D eigenvalue weighted by Gasteiger charge is -2.27. The van der Waals surface area contributed by atoms with Gasteiger partial charge >= 0.3 is 0 Å². The maximum absolute atomic E-state index is 5.83. The Hall–Kier alpha value is -1.13. The number of thiocarbonyl (C=S) groups is 1. The van der Waals surface area contributed by atoms with Crippen LogP contribution in [0.2, 0.25) is 0 Å². The van der Waals surface area contributed by atoms with Gasteiger partial charge in [0.25, 0.3) is 0 Å². The van der Waals surface area contributed by atoms with Crippen LogP contribution in [-0.2, 0) is 0 Å². The maximum atomic E-state index is 5.83. The molecule has 2 rings (SSSR count). The number of hydrogen-bond donors (Lipinski definition) is 1. The van der Waals surface area contributed by atoms with E-state index in [1.807, 2.05) is 24.3 Å². The summed E-state index contributed by atoms with van der Waals surface area (Å²) < 4.78 is 5.83. The van der Waals surface area contributed by atoms with E-state index < -0.39 is 0 Å². The van der Waals surface area contributed by atoms with E-state index in [1.54, 1.807) is 0 Å². The van der Waals surface area contributed by atoms with Crippen molar-refractivity contribution in [3.05, 3.63) is 29.8 Å². The summed E-state index contributed by atoms with van der Waals surface area (Å²) in [4.78, 5) is 2.96. The first-order valence-electron chi connectivity index (χ1n) is 7.34. The molecular formula is C16H24N2OS. The molecule has 1 aromatic rings. The molecule has 20 heavy (non-hydrogen) atoms. The Bertz CT molecular complexity index is 462. The maximum Gasteiger partial charge on any atom is 0.120 e. The molecule has 0 saturated carbocycles. The summed E-state index contributed by atoms with van der Waals surface area (Å²) in [7, 11) is 0. The SMILES string of the molecule is CC(C)C1CCCN1CCOc1cccc(C(N)=S)c1. The molecule has 1 aliphatic rings. The summed E-state index contributed by atoms with van der Waals surface area (Å²) >= 11 is 4.98. The summed E-state index contributed by atoms with van der Waals surface area (Å²) in [6, 6.07) is 8.40. The van der Waals surface area contributed by atoms with Gasteiger partial charge in [0.1, 0.15) is 17.3 Å². The molecule has 1 saturated heterocycles. The van der Waals surface area contributed by atoms with Gasteiger partial charge in [-0.05, 0) is 37.4 Å². The number of likely N-dealkylation sites (tertiary alicyclic amines) is 1. The zero-order chi connectivity index (χ0) is 14.5. The van der Waals surface area contributed by atoms with Crippen molar-refractivity contribution in [2.45, 2.75) is 32.7 Å². The minimum absolute atomic E-state index is 0.412. The van der Waals surface area contributed by atoms with E-state index in [9.17, 15) is 0 Å². The number of benzene rings is 1. The molecule has 2 N–H and O–H groups in total. The Morgan fingerprint density at radius 3 is 3.00 bits per heavy atom. The second-order valence-electron chi connectivity index (χ2n) is 5.73. The Morgan fingerprint density at radius 1 is 1.50 bits per heavy atom. The number of nitrogens with zero attached hydrogens (tertiary/aromatic N) is 1. The largest absolute Gasteiger partial charge is 0.492 e. The van der Waals surface area contributed by atoms with Crippen LogP contribution < -0.4 is 10.5 Å². The fourth-order valence-electron chi connectivity index (χ4n) is 2.90. The molecule has 0 radical (unpaired) electrons. The summed E-state index contributed by atoms with van der Waals surface area (Å²) in [5.74, 6) is 1.56. The molecule has 1 aromatic carbocycles. The Balaban J connectivity index is 1.84. The Kier molecular flexibility index (Phi) is 5.38. The first-order valence-corrected chi connectivity index (χ1v) is 7.75. The molecule has 3 nitrogen and oxygen atoms in total. The number of nitrogens with two attached hydrogens (primary N) is 1. The van der Waals surface area contributed by atoms with Crippen LogP contribution in [0.5, 0.6) is 5.75 Å². The Morgan fingerprint density at radius 2 is 2.30 bits per heavy atom. The van der Waals surface area contributed by atoms with Crippen LogP contribution in [0.15, 0.2) is 24.3 Å². The summed E-state index contributed by atoms with van der Waals surface area (Å²) in [5.41, 5.74) is 6.49. The molecule has 4 heteroatoms. The van der Waals surface area contributed by atoms with E-state index in [4.69, 9.17) is 22.7 Å². The minimum atomic E-state index is 0.412. The average Bonchev–Trinajstić information content (AvgIpc) is 2.87. The van der Waals surface area contributed by atoms with E-state index in [0.29, 0.717) is 17.6 Å². The number of rotatable bonds is 6. The van der Waals surface area contributed by atoms with Gasteiger partial charge in [0, 0.05) is 18.2 Å². The van der Waals surface area contributed by atoms with Crippen LogP contribution in [0.4, 0.5) is 0 Å². The second-order valence-corrected chi connectivity index (χ2v) is 6.17. The number of ether oxygens (including phenoxy) is 1. The quantitative estimate of drug-likeness (QED) is 0.818. The molecule has 110 valence electrons. The van der Waals surface area contributed by atoms with E-state index in [2.05, 4.69) is 18.7 Å². The predicted octanol–water partition coefficient (Wildman–Crippen LogP) is 2.82. The van der Waals surface area contributed by atoms with Gasteiger partial charge in [-0.2, -0.15) is 0 Å². The first-order chi connectivity index (χ1) is 9.58. The molecule has 0 bridgehead atoms. The van der Waals surface area contributed by atoms with Crippen LogP contribution in [0.1, 0.15) is 32.3 Å². The van der Waals surface area contributed by atoms with E-state index in [-0.39, 0.29) is 0 Å². The van der Waals surface area contributed by atoms with Crippen LogP contribution in [0.25, 0.3) is 0 Å². The lowest BCUT2D eigenvalue weighted by atomic mass is 10.0. The third-order valence-corrected chi connectivity index (χ3v) is 4.19. The van der Waals surface area contributed by atoms with Crippen molar-refractivity contribution >= 4 is 17.2 Å². The van der Waals surface area contributed by atoms with Crippen molar-refractivity contribution in [3.63, 3.8) is 0 Å². The van der Waals surface area contributed by atoms with Gasteiger partial charge in [-0.3, -0.25) is 4.90 Å². The van der Waals surface area contributed by atoms with Gasteiger partial charge in [-0.1, -0.05) is 38.2 Å². The lowest BCUT2D eigenvalue weighted by Crippen LogP contribution is -2.36. The van der Waals surface area contributed by atoms with Crippen LogP contribution in [-0.4, -0.2) is 35.6 Å². The van der Waals surface area contributed by atoms with Gasteiger partial charge in [0.2, 0.25) is 0 Å². The van der Waals surface area contributed by atoms with E-state index in [0.717, 1.165) is 23.8 Å². The smallest absolute Gasteiger partial charge is 0.120 e. The van der Waals surface area contributed by atoms with Gasteiger partial charge in [0.15, 0.2) is 0 Å². The topological polar surface area (TPSA) is 38.5 Å². The summed E-state index contributed by atoms with van der Waals surface area (Å²) in [6.07, 6.45) is 2.62. The third-order valence-electron chi connectivity index (χ3n) is 3.95. The van der Waals surface area contributed by atoms with Gasteiger partial charge in [-0.25, -0.2) is 0 Å². The lowest BCUT2D eigenvalue weighted by molar-refractivity contribution is 0.168. The molecule has 1 aliphatic heterocycles. The van der Waals surface area contributed by atoms with Crippen molar-refractivity contribution in [1.29, 1.82) is 0 Å². The summed E-state index contributed by atoms with van der Waals surface area (Å²) in [6.45, 7) is 7.49. The summed E-state index contributed by atoms with van der Waals surface area (Å²) in [5, 5.41) is 0. The Labute approximate surface area is 127 Å². The predicted molar refractivity (Wildman–Crippen MR) is 87.3 cm³/mol. The fraction of sp³-hybridized carbons (Fsp3) is 0.562. The highest BCUT2D eigenvalue weighted by atomic mass is 32.1. The minimum Gasteiger partial charge on any atom is -0.492 e. The second kappa shape index (κ2) is 7.04. The average molecular weight is 292 g/mol. The van der Waals surface area contributed by atoms with Crippen LogP contribution in [0.3, 0.4) is 0 Å². The van der Waals surface area contributed by atoms with Gasteiger partial charge < -0.3 is 10.5 Å². The van der Waals surface area contributed by atoms with E-state index >= 15 is 0 Å². The fourth-order valence-corrected chi connectivity index (χ4v) is 3.03. The highest BCUT2D eigenvalue weighted by molar-refractivity contribution is 7.80. The van der Waals surface area contributed by atoms with Crippen molar-refractivity contribution in [1.82, 2.24) is 4.90 Å².